The van der Waals surface area contributed by atoms with Gasteiger partial charge in [-0.25, -0.2) is 0 Å². The van der Waals surface area contributed by atoms with Crippen molar-refractivity contribution in [3.63, 3.8) is 0 Å². The van der Waals surface area contributed by atoms with Crippen LogP contribution < -0.4 is 9.47 Å². The highest BCUT2D eigenvalue weighted by Crippen LogP contribution is 2.40. The summed E-state index contributed by atoms with van der Waals surface area (Å²) in [6.07, 6.45) is 1.58. The van der Waals surface area contributed by atoms with Crippen molar-refractivity contribution in [1.82, 2.24) is 4.90 Å². The first-order valence-corrected chi connectivity index (χ1v) is 10.8. The van der Waals surface area contributed by atoms with Gasteiger partial charge in [0, 0.05) is 11.4 Å². The molecule has 1 aromatic carbocycles. The van der Waals surface area contributed by atoms with Crippen molar-refractivity contribution in [2.75, 3.05) is 26.3 Å². The minimum atomic E-state index is -0.727. The van der Waals surface area contributed by atoms with Crippen LogP contribution in [0, 0.1) is 5.92 Å². The number of hydrogen-bond donors (Lipinski definition) is 1. The molecule has 0 saturated carbocycles. The summed E-state index contributed by atoms with van der Waals surface area (Å²) in [5.74, 6) is 0.356. The van der Waals surface area contributed by atoms with Crippen LogP contribution in [0.2, 0.25) is 4.34 Å². The first-order chi connectivity index (χ1) is 13.5. The first-order valence-electron chi connectivity index (χ1n) is 9.65. The van der Waals surface area contributed by atoms with Gasteiger partial charge in [0.25, 0.3) is 0 Å². The third-order valence-corrected chi connectivity index (χ3v) is 6.20. The maximum atomic E-state index is 11.6. The predicted molar refractivity (Wildman–Crippen MR) is 112 cm³/mol. The molecule has 0 amide bonds. The lowest BCUT2D eigenvalue weighted by Crippen LogP contribution is -2.41. The van der Waals surface area contributed by atoms with Crippen LogP contribution in [0.1, 0.15) is 43.2 Å². The van der Waals surface area contributed by atoms with Gasteiger partial charge in [0.1, 0.15) is 0 Å². The number of piperidine rings is 1. The van der Waals surface area contributed by atoms with Crippen LogP contribution in [0.15, 0.2) is 30.3 Å². The number of carbonyl (C=O) groups is 1. The van der Waals surface area contributed by atoms with Gasteiger partial charge < -0.3 is 14.6 Å². The molecule has 1 saturated heterocycles. The molecule has 1 fully saturated rings. The molecule has 0 spiro atoms. The molecule has 5 nitrogen and oxygen atoms in total. The van der Waals surface area contributed by atoms with E-state index >= 15 is 0 Å². The first kappa shape index (κ1) is 21.0. The van der Waals surface area contributed by atoms with E-state index in [4.69, 9.17) is 21.1 Å². The maximum Gasteiger partial charge on any atom is 0.307 e. The Kier molecular flexibility index (Phi) is 7.21. The lowest BCUT2D eigenvalue weighted by atomic mass is 9.94. The Hall–Kier alpha value is -1.76. The van der Waals surface area contributed by atoms with Gasteiger partial charge in [-0.1, -0.05) is 17.7 Å². The summed E-state index contributed by atoms with van der Waals surface area (Å²) in [6.45, 7) is 6.37. The van der Waals surface area contributed by atoms with Crippen molar-refractivity contribution >= 4 is 28.9 Å². The highest BCUT2D eigenvalue weighted by molar-refractivity contribution is 7.16. The molecule has 2 heterocycles. The number of aliphatic carboxylic acids is 1. The van der Waals surface area contributed by atoms with Crippen molar-refractivity contribution in [1.29, 1.82) is 0 Å². The molecule has 2 atom stereocenters. The maximum absolute atomic E-state index is 11.6. The average Bonchev–Trinajstić information content (AvgIpc) is 3.10. The van der Waals surface area contributed by atoms with E-state index < -0.39 is 5.97 Å². The molecule has 7 heteroatoms. The number of carboxylic acids is 1. The van der Waals surface area contributed by atoms with Gasteiger partial charge in [-0.15, -0.1) is 11.3 Å². The van der Waals surface area contributed by atoms with Gasteiger partial charge in [0.15, 0.2) is 11.5 Å². The minimum absolute atomic E-state index is 0.0606. The zero-order valence-electron chi connectivity index (χ0n) is 16.2. The standard InChI is InChI=1S/C21H26ClNO4S/c1-3-26-16-8-7-14(12-17(16)27-4-2)20(18-9-10-19(22)28-18)23-11-5-6-15(13-23)21(24)25/h7-10,12,15,20H,3-6,11,13H2,1-2H3,(H,24,25). The zero-order valence-corrected chi connectivity index (χ0v) is 17.8. The van der Waals surface area contributed by atoms with E-state index in [0.29, 0.717) is 25.5 Å². The molecule has 2 aromatic rings. The Morgan fingerprint density at radius 2 is 2.00 bits per heavy atom. The molecular formula is C21H26ClNO4S. The SMILES string of the molecule is CCOc1ccc(C(c2ccc(Cl)s2)N2CCCC(C(=O)O)C2)cc1OCC. The number of nitrogens with zero attached hydrogens (tertiary/aromatic N) is 1. The van der Waals surface area contributed by atoms with E-state index in [-0.39, 0.29) is 12.0 Å². The van der Waals surface area contributed by atoms with Crippen molar-refractivity contribution in [2.45, 2.75) is 32.7 Å². The molecule has 1 aliphatic rings. The van der Waals surface area contributed by atoms with E-state index in [1.807, 2.05) is 44.2 Å². The second-order valence-electron chi connectivity index (χ2n) is 6.79. The minimum Gasteiger partial charge on any atom is -0.490 e. The summed E-state index contributed by atoms with van der Waals surface area (Å²) in [5.41, 5.74) is 1.05. The van der Waals surface area contributed by atoms with Crippen LogP contribution in [-0.4, -0.2) is 42.3 Å². The fourth-order valence-corrected chi connectivity index (χ4v) is 4.93. The van der Waals surface area contributed by atoms with Crippen LogP contribution in [0.3, 0.4) is 0 Å². The van der Waals surface area contributed by atoms with Gasteiger partial charge in [-0.05, 0) is 63.1 Å². The van der Waals surface area contributed by atoms with Crippen molar-refractivity contribution < 1.29 is 19.4 Å². The molecule has 0 aliphatic carbocycles. The Balaban J connectivity index is 1.99. The molecule has 1 aliphatic heterocycles. The van der Waals surface area contributed by atoms with Crippen LogP contribution in [0.4, 0.5) is 0 Å². The summed E-state index contributed by atoms with van der Waals surface area (Å²) in [7, 11) is 0. The lowest BCUT2D eigenvalue weighted by molar-refractivity contribution is -0.143. The number of likely N-dealkylation sites (tertiary alicyclic amines) is 1. The van der Waals surface area contributed by atoms with E-state index in [1.54, 1.807) is 0 Å². The molecular weight excluding hydrogens is 398 g/mol. The summed E-state index contributed by atoms with van der Waals surface area (Å²) in [5, 5.41) is 9.51. The molecule has 1 N–H and O–H groups in total. The van der Waals surface area contributed by atoms with Crippen molar-refractivity contribution in [2.24, 2.45) is 5.92 Å². The number of carboxylic acid groups (broad SMARTS) is 1. The average molecular weight is 424 g/mol. The number of benzene rings is 1. The Bertz CT molecular complexity index is 809. The highest BCUT2D eigenvalue weighted by atomic mass is 35.5. The fraction of sp³-hybridized carbons (Fsp3) is 0.476. The summed E-state index contributed by atoms with van der Waals surface area (Å²) >= 11 is 7.75. The van der Waals surface area contributed by atoms with Crippen molar-refractivity contribution in [3.8, 4) is 11.5 Å². The molecule has 2 unspecified atom stereocenters. The molecule has 1 aromatic heterocycles. The fourth-order valence-electron chi connectivity index (χ4n) is 3.71. The molecule has 152 valence electrons. The second-order valence-corrected chi connectivity index (χ2v) is 8.54. The summed E-state index contributed by atoms with van der Waals surface area (Å²) in [4.78, 5) is 14.9. The van der Waals surface area contributed by atoms with E-state index in [0.717, 1.165) is 39.9 Å². The predicted octanol–water partition coefficient (Wildman–Crippen LogP) is 5.08. The van der Waals surface area contributed by atoms with Gasteiger partial charge in [0.05, 0.1) is 29.5 Å². The Morgan fingerprint density at radius 1 is 1.25 bits per heavy atom. The third-order valence-electron chi connectivity index (χ3n) is 4.91. The van der Waals surface area contributed by atoms with Crippen LogP contribution >= 0.6 is 22.9 Å². The largest absolute Gasteiger partial charge is 0.490 e. The molecule has 0 bridgehead atoms. The molecule has 28 heavy (non-hydrogen) atoms. The van der Waals surface area contributed by atoms with Crippen LogP contribution in [0.5, 0.6) is 11.5 Å². The zero-order chi connectivity index (χ0) is 20.1. The number of thiophene rings is 1. The van der Waals surface area contributed by atoms with E-state index in [9.17, 15) is 9.90 Å². The van der Waals surface area contributed by atoms with Gasteiger partial charge in [-0.2, -0.15) is 0 Å². The number of rotatable bonds is 8. The Morgan fingerprint density at radius 3 is 2.64 bits per heavy atom. The number of halogens is 1. The van der Waals surface area contributed by atoms with Gasteiger partial charge in [-0.3, -0.25) is 9.69 Å². The number of ether oxygens (including phenoxy) is 2. The van der Waals surface area contributed by atoms with E-state index in [2.05, 4.69) is 4.90 Å². The van der Waals surface area contributed by atoms with E-state index in [1.165, 1.54) is 11.3 Å². The Labute approximate surface area is 174 Å². The van der Waals surface area contributed by atoms with Crippen molar-refractivity contribution in [3.05, 3.63) is 45.1 Å². The van der Waals surface area contributed by atoms with Gasteiger partial charge >= 0.3 is 5.97 Å². The second kappa shape index (κ2) is 9.63. The number of hydrogen-bond acceptors (Lipinski definition) is 5. The topological polar surface area (TPSA) is 59.0 Å². The monoisotopic (exact) mass is 423 g/mol. The van der Waals surface area contributed by atoms with Crippen LogP contribution in [0.25, 0.3) is 0 Å². The quantitative estimate of drug-likeness (QED) is 0.641. The lowest BCUT2D eigenvalue weighted by Gasteiger charge is -2.37. The molecule has 3 rings (SSSR count). The summed E-state index contributed by atoms with van der Waals surface area (Å²) in [6, 6.07) is 9.84. The van der Waals surface area contributed by atoms with Gasteiger partial charge in [0.2, 0.25) is 0 Å². The molecule has 0 radical (unpaired) electrons. The smallest absolute Gasteiger partial charge is 0.307 e. The van der Waals surface area contributed by atoms with Crippen LogP contribution in [-0.2, 0) is 4.79 Å². The third kappa shape index (κ3) is 4.80. The summed E-state index contributed by atoms with van der Waals surface area (Å²) < 4.78 is 12.2. The highest BCUT2D eigenvalue weighted by Gasteiger charge is 2.32. The normalized spacial score (nSPS) is 18.6.